The second-order valence-electron chi connectivity index (χ2n) is 0. The van der Waals surface area contributed by atoms with Crippen molar-refractivity contribution in [3.63, 3.8) is 0 Å². The Hall–Kier alpha value is 16.6. The van der Waals surface area contributed by atoms with E-state index in [0.29, 0.717) is 0 Å². The molecule has 0 aromatic carbocycles. The summed E-state index contributed by atoms with van der Waals surface area (Å²) in [7, 11) is 0. The van der Waals surface area contributed by atoms with Crippen molar-refractivity contribution in [1.29, 1.82) is 0 Å². The van der Waals surface area contributed by atoms with Crippen molar-refractivity contribution >= 4 is 0 Å². The minimum Gasteiger partial charge on any atom is 0 e. The molecule has 0 rings (SSSR count). The van der Waals surface area contributed by atoms with Gasteiger partial charge in [-0.05, 0) is 0 Å². The molecule has 0 atom stereocenters. The smallest absolute Gasteiger partial charge is 0 e. The number of hydrogen-bond donors (Lipinski definition) is 0. The van der Waals surface area contributed by atoms with Gasteiger partial charge in [0, 0.05) is 491 Å². The maximum atomic E-state index is 0. The van der Waals surface area contributed by atoms with Crippen molar-refractivity contribution in [2.45, 2.75) is 0 Å². The fraction of sp³-hybridized carbons (Fsp3) is 0. The molecule has 0 unspecified atom stereocenters. The summed E-state index contributed by atoms with van der Waals surface area (Å²) in [5, 5.41) is 0. The minimum atomic E-state index is 0. The molecule has 0 aliphatic carbocycles. The van der Waals surface area contributed by atoms with Crippen molar-refractivity contribution in [2.24, 2.45) is 0 Å². The SMILES string of the molecule is [Y].[Y].[Y].[Y].[Y].[Y].[Y].[Y].[Y].[Y].[Y].[Y].[Y].[Y].[Y]. The summed E-state index contributed by atoms with van der Waals surface area (Å²) in [5.74, 6) is 0. The van der Waals surface area contributed by atoms with Gasteiger partial charge in [0.15, 0.2) is 0 Å². The second-order valence-corrected chi connectivity index (χ2v) is 0. The van der Waals surface area contributed by atoms with Crippen molar-refractivity contribution < 1.29 is 491 Å². The summed E-state index contributed by atoms with van der Waals surface area (Å²) >= 11 is 0. The Balaban J connectivity index is 0. The van der Waals surface area contributed by atoms with E-state index < -0.39 is 0 Å². The zero-order chi connectivity index (χ0) is 0. The largest absolute Gasteiger partial charge is 0 e. The first-order chi connectivity index (χ1) is 0. The molecule has 0 nitrogen and oxygen atoms in total. The van der Waals surface area contributed by atoms with E-state index in [1.807, 2.05) is 0 Å². The van der Waals surface area contributed by atoms with Crippen LogP contribution < -0.4 is 0 Å². The molecule has 15 radical (unpaired) electrons. The molecule has 0 aliphatic rings. The van der Waals surface area contributed by atoms with E-state index in [1.54, 1.807) is 0 Å². The molecule has 0 heterocycles. The van der Waals surface area contributed by atoms with E-state index in [-0.39, 0.29) is 491 Å². The summed E-state index contributed by atoms with van der Waals surface area (Å²) in [5.41, 5.74) is 0. The molecular formula is Y15. The van der Waals surface area contributed by atoms with Crippen LogP contribution in [0, 0.1) is 0 Å². The number of hydrogen-bond acceptors (Lipinski definition) is 0. The van der Waals surface area contributed by atoms with Gasteiger partial charge in [-0.1, -0.05) is 0 Å². The Morgan fingerprint density at radius 3 is 0.0667 bits per heavy atom. The fourth-order valence-electron chi connectivity index (χ4n) is 0. The third-order valence-electron chi connectivity index (χ3n) is 0. The van der Waals surface area contributed by atoms with Crippen molar-refractivity contribution in [2.75, 3.05) is 0 Å². The van der Waals surface area contributed by atoms with Gasteiger partial charge in [-0.25, -0.2) is 0 Å². The van der Waals surface area contributed by atoms with Gasteiger partial charge in [-0.3, -0.25) is 0 Å². The molecule has 0 spiro atoms. The van der Waals surface area contributed by atoms with Crippen molar-refractivity contribution in [3.05, 3.63) is 0 Å². The van der Waals surface area contributed by atoms with Crippen LogP contribution in [0.3, 0.4) is 0 Å². The Kier molecular flexibility index (Phi) is 698. The Labute approximate surface area is 472 Å². The predicted octanol–water partition coefficient (Wildman–Crippen LogP) is -0.0375. The van der Waals surface area contributed by atoms with Gasteiger partial charge in [0.2, 0.25) is 0 Å². The summed E-state index contributed by atoms with van der Waals surface area (Å²) in [4.78, 5) is 0. The fourth-order valence-corrected chi connectivity index (χ4v) is 0. The van der Waals surface area contributed by atoms with Crippen LogP contribution in [0.15, 0.2) is 0 Å². The Bertz CT molecular complexity index is 0. The molecule has 0 aliphatic heterocycles. The average molecular weight is 1330 g/mol. The molecular weight excluding hydrogens is 1330 g/mol. The zero-order valence-electron chi connectivity index (χ0n) is 8.66. The first-order valence-electron chi connectivity index (χ1n) is 0. The predicted molar refractivity (Wildman–Crippen MR) is 0 cm³/mol. The van der Waals surface area contributed by atoms with Crippen LogP contribution in [0.25, 0.3) is 0 Å². The van der Waals surface area contributed by atoms with Gasteiger partial charge in [0.25, 0.3) is 0 Å². The van der Waals surface area contributed by atoms with Gasteiger partial charge >= 0.3 is 0 Å². The quantitative estimate of drug-likeness (QED) is 0.320. The van der Waals surface area contributed by atoms with Crippen LogP contribution in [0.1, 0.15) is 0 Å². The average Bonchev–Trinajstić information content (AvgIpc) is 0. The second kappa shape index (κ2) is 97.4. The molecule has 0 amide bonds. The molecule has 0 saturated heterocycles. The Morgan fingerprint density at radius 2 is 0.0667 bits per heavy atom. The van der Waals surface area contributed by atoms with Gasteiger partial charge < -0.3 is 0 Å². The maximum Gasteiger partial charge on any atom is 0 e. The van der Waals surface area contributed by atoms with Gasteiger partial charge in [-0.2, -0.15) is 0 Å². The van der Waals surface area contributed by atoms with Crippen LogP contribution >= 0.6 is 0 Å². The van der Waals surface area contributed by atoms with Crippen LogP contribution in [0.4, 0.5) is 0 Å². The molecule has 0 aromatic rings. The molecule has 15 heavy (non-hydrogen) atoms. The van der Waals surface area contributed by atoms with Gasteiger partial charge in [0.05, 0.1) is 0 Å². The van der Waals surface area contributed by atoms with E-state index in [9.17, 15) is 0 Å². The van der Waals surface area contributed by atoms with Gasteiger partial charge in [-0.15, -0.1) is 0 Å². The molecule has 45 valence electrons. The van der Waals surface area contributed by atoms with Crippen LogP contribution in [0.2, 0.25) is 0 Å². The normalized spacial score (nSPS) is 0. The maximum absolute atomic E-state index is 0. The third kappa shape index (κ3) is 90.9. The van der Waals surface area contributed by atoms with E-state index in [2.05, 4.69) is 0 Å². The summed E-state index contributed by atoms with van der Waals surface area (Å²) in [6.07, 6.45) is 0. The van der Waals surface area contributed by atoms with Crippen molar-refractivity contribution in [3.8, 4) is 0 Å². The van der Waals surface area contributed by atoms with Crippen LogP contribution in [-0.4, -0.2) is 0 Å². The van der Waals surface area contributed by atoms with Crippen LogP contribution in [0.5, 0.6) is 0 Å². The minimum absolute atomic E-state index is 0. The first-order valence-corrected chi connectivity index (χ1v) is 0. The molecule has 0 fully saturated rings. The summed E-state index contributed by atoms with van der Waals surface area (Å²) < 4.78 is 0. The summed E-state index contributed by atoms with van der Waals surface area (Å²) in [6.45, 7) is 0. The van der Waals surface area contributed by atoms with E-state index in [4.69, 9.17) is 0 Å². The Morgan fingerprint density at radius 1 is 0.0667 bits per heavy atom. The van der Waals surface area contributed by atoms with E-state index in [1.165, 1.54) is 0 Å². The topological polar surface area (TPSA) is 0 Å². The van der Waals surface area contributed by atoms with E-state index in [0.717, 1.165) is 0 Å². The monoisotopic (exact) mass is 1330 g/mol. The zero-order valence-corrected chi connectivity index (χ0v) is 51.2. The summed E-state index contributed by atoms with van der Waals surface area (Å²) in [6, 6.07) is 0. The molecule has 0 aromatic heterocycles. The number of rotatable bonds is 0. The van der Waals surface area contributed by atoms with Crippen molar-refractivity contribution in [1.82, 2.24) is 0 Å². The van der Waals surface area contributed by atoms with E-state index >= 15 is 0 Å². The molecule has 0 bridgehead atoms. The van der Waals surface area contributed by atoms with Gasteiger partial charge in [0.1, 0.15) is 0 Å². The van der Waals surface area contributed by atoms with Crippen LogP contribution in [-0.2, 0) is 491 Å². The standard InChI is InChI=1S/15Y. The third-order valence-corrected chi connectivity index (χ3v) is 0. The molecule has 15 heteroatoms. The first kappa shape index (κ1) is 107. The molecule has 0 N–H and O–H groups in total. The molecule has 0 saturated carbocycles.